The molecule has 0 amide bonds. The molecule has 6 heteroatoms. The maximum atomic E-state index is 13.2. The highest BCUT2D eigenvalue weighted by Crippen LogP contribution is 2.22. The summed E-state index contributed by atoms with van der Waals surface area (Å²) in [6.45, 7) is 1.92. The number of hydrogen-bond acceptors (Lipinski definition) is 5. The van der Waals surface area contributed by atoms with Crippen molar-refractivity contribution >= 4 is 0 Å². The van der Waals surface area contributed by atoms with Crippen LogP contribution in [0.3, 0.4) is 0 Å². The largest absolute Gasteiger partial charge is 0.480 e. The molecule has 0 bridgehead atoms. The molecule has 1 aliphatic rings. The van der Waals surface area contributed by atoms with E-state index in [9.17, 15) is 9.50 Å². The monoisotopic (exact) mass is 303 g/mol. The predicted octanol–water partition coefficient (Wildman–Crippen LogP) is 1.72. The molecule has 1 aromatic heterocycles. The van der Waals surface area contributed by atoms with Crippen LogP contribution in [0.2, 0.25) is 0 Å². The molecule has 3 rings (SSSR count). The highest BCUT2D eigenvalue weighted by atomic mass is 19.1. The summed E-state index contributed by atoms with van der Waals surface area (Å²) in [6.07, 6.45) is 0.0660. The molecule has 0 spiro atoms. The number of β-amino-alcohol motifs (C(OH)–C–C–N with tert-alkyl or cyclic N) is 1. The first kappa shape index (κ1) is 14.9. The van der Waals surface area contributed by atoms with E-state index in [-0.39, 0.29) is 5.82 Å². The Balaban J connectivity index is 1.69. The Kier molecular flexibility index (Phi) is 4.31. The molecule has 0 unspecified atom stereocenters. The quantitative estimate of drug-likeness (QED) is 0.932. The third-order valence-electron chi connectivity index (χ3n) is 3.87. The number of fused-ring (bicyclic) bond motifs is 1. The van der Waals surface area contributed by atoms with Gasteiger partial charge >= 0.3 is 0 Å². The van der Waals surface area contributed by atoms with Gasteiger partial charge in [0.2, 0.25) is 5.88 Å². The van der Waals surface area contributed by atoms with Gasteiger partial charge in [-0.25, -0.2) is 4.39 Å². The maximum Gasteiger partial charge on any atom is 0.233 e. The third kappa shape index (κ3) is 3.23. The van der Waals surface area contributed by atoms with Crippen molar-refractivity contribution in [1.82, 2.24) is 15.1 Å². The van der Waals surface area contributed by atoms with Gasteiger partial charge in [0.1, 0.15) is 5.82 Å². The Morgan fingerprint density at radius 2 is 2.23 bits per heavy atom. The molecular formula is C16H18FN3O2. The van der Waals surface area contributed by atoms with Gasteiger partial charge in [0.25, 0.3) is 0 Å². The number of aromatic nitrogens is 2. The number of halogens is 1. The predicted molar refractivity (Wildman–Crippen MR) is 78.9 cm³/mol. The van der Waals surface area contributed by atoms with Crippen LogP contribution in [0.5, 0.6) is 5.88 Å². The average molecular weight is 303 g/mol. The van der Waals surface area contributed by atoms with Gasteiger partial charge in [0.05, 0.1) is 18.9 Å². The summed E-state index contributed by atoms with van der Waals surface area (Å²) >= 11 is 0. The number of aliphatic hydroxyl groups is 1. The summed E-state index contributed by atoms with van der Waals surface area (Å²) in [7, 11) is 1.56. The van der Waals surface area contributed by atoms with Crippen LogP contribution in [0.15, 0.2) is 30.3 Å². The Morgan fingerprint density at radius 3 is 3.00 bits per heavy atom. The number of benzene rings is 1. The lowest BCUT2D eigenvalue weighted by atomic mass is 10.0. The topological polar surface area (TPSA) is 58.5 Å². The van der Waals surface area contributed by atoms with Crippen molar-refractivity contribution in [2.24, 2.45) is 0 Å². The van der Waals surface area contributed by atoms with E-state index in [1.54, 1.807) is 19.2 Å². The molecule has 0 saturated carbocycles. The van der Waals surface area contributed by atoms with Crippen LogP contribution >= 0.6 is 0 Å². The molecular weight excluding hydrogens is 285 g/mol. The van der Waals surface area contributed by atoms with Crippen LogP contribution in [0.1, 0.15) is 22.9 Å². The summed E-state index contributed by atoms with van der Waals surface area (Å²) in [5, 5.41) is 18.4. The third-order valence-corrected chi connectivity index (χ3v) is 3.87. The number of hydrogen-bond donors (Lipinski definition) is 1. The van der Waals surface area contributed by atoms with Crippen molar-refractivity contribution < 1.29 is 14.2 Å². The molecule has 0 radical (unpaired) electrons. The zero-order valence-corrected chi connectivity index (χ0v) is 12.4. The standard InChI is InChI=1S/C16H18FN3O2/c1-22-16-8-12-9-20(6-5-14(12)18-19-16)10-15(21)11-3-2-4-13(17)7-11/h2-4,7-8,15,21H,5-6,9-10H2,1H3/t15-/m1/s1. The van der Waals surface area contributed by atoms with Gasteiger partial charge in [0.15, 0.2) is 0 Å². The summed E-state index contributed by atoms with van der Waals surface area (Å²) in [5.74, 6) is 0.159. The van der Waals surface area contributed by atoms with Gasteiger partial charge in [0, 0.05) is 32.1 Å². The van der Waals surface area contributed by atoms with Gasteiger partial charge in [-0.2, -0.15) is 5.10 Å². The van der Waals surface area contributed by atoms with Crippen molar-refractivity contribution in [3.8, 4) is 5.88 Å². The lowest BCUT2D eigenvalue weighted by molar-refractivity contribution is 0.105. The average Bonchev–Trinajstić information content (AvgIpc) is 2.54. The molecule has 0 saturated heterocycles. The first-order valence-electron chi connectivity index (χ1n) is 7.21. The molecule has 22 heavy (non-hydrogen) atoms. The van der Waals surface area contributed by atoms with Crippen LogP contribution in [0, 0.1) is 5.82 Å². The van der Waals surface area contributed by atoms with E-state index in [0.717, 1.165) is 24.2 Å². The summed E-state index contributed by atoms with van der Waals surface area (Å²) in [6, 6.07) is 7.97. The normalized spacial score (nSPS) is 16.1. The molecule has 116 valence electrons. The van der Waals surface area contributed by atoms with E-state index < -0.39 is 6.10 Å². The summed E-state index contributed by atoms with van der Waals surface area (Å²) in [4.78, 5) is 2.12. The van der Waals surface area contributed by atoms with Crippen molar-refractivity contribution in [3.63, 3.8) is 0 Å². The highest BCUT2D eigenvalue weighted by molar-refractivity contribution is 5.26. The smallest absolute Gasteiger partial charge is 0.233 e. The number of methoxy groups -OCH3 is 1. The Morgan fingerprint density at radius 1 is 1.36 bits per heavy atom. The van der Waals surface area contributed by atoms with Gasteiger partial charge in [-0.3, -0.25) is 4.90 Å². The van der Waals surface area contributed by atoms with Crippen molar-refractivity contribution in [3.05, 3.63) is 53.0 Å². The first-order chi connectivity index (χ1) is 10.7. The molecule has 1 aromatic carbocycles. The van der Waals surface area contributed by atoms with Crippen LogP contribution in [-0.4, -0.2) is 40.4 Å². The Bertz CT molecular complexity index is 666. The Hall–Kier alpha value is -2.05. The molecule has 0 aliphatic carbocycles. The van der Waals surface area contributed by atoms with E-state index in [4.69, 9.17) is 4.74 Å². The second-order valence-corrected chi connectivity index (χ2v) is 5.41. The minimum absolute atomic E-state index is 0.333. The van der Waals surface area contributed by atoms with E-state index in [0.29, 0.717) is 24.5 Å². The van der Waals surface area contributed by atoms with Crippen LogP contribution in [0.25, 0.3) is 0 Å². The Labute approximate surface area is 128 Å². The van der Waals surface area contributed by atoms with Gasteiger partial charge in [-0.05, 0) is 23.3 Å². The highest BCUT2D eigenvalue weighted by Gasteiger charge is 2.21. The van der Waals surface area contributed by atoms with E-state index in [1.807, 2.05) is 6.07 Å². The number of aliphatic hydroxyl groups excluding tert-OH is 1. The van der Waals surface area contributed by atoms with E-state index in [1.165, 1.54) is 12.1 Å². The zero-order valence-electron chi connectivity index (χ0n) is 12.4. The fourth-order valence-electron chi connectivity index (χ4n) is 2.69. The van der Waals surface area contributed by atoms with Crippen molar-refractivity contribution in [1.29, 1.82) is 0 Å². The molecule has 2 aromatic rings. The number of ether oxygens (including phenoxy) is 1. The van der Waals surface area contributed by atoms with Crippen molar-refractivity contribution in [2.45, 2.75) is 19.1 Å². The lowest BCUT2D eigenvalue weighted by Crippen LogP contribution is -2.34. The van der Waals surface area contributed by atoms with Crippen molar-refractivity contribution in [2.75, 3.05) is 20.2 Å². The van der Waals surface area contributed by atoms with E-state index in [2.05, 4.69) is 15.1 Å². The molecule has 0 fully saturated rings. The fraction of sp³-hybridized carbons (Fsp3) is 0.375. The van der Waals surface area contributed by atoms with Gasteiger partial charge in [-0.15, -0.1) is 5.10 Å². The van der Waals surface area contributed by atoms with Crippen LogP contribution in [0.4, 0.5) is 4.39 Å². The van der Waals surface area contributed by atoms with E-state index >= 15 is 0 Å². The maximum absolute atomic E-state index is 13.2. The molecule has 1 aliphatic heterocycles. The molecule has 1 N–H and O–H groups in total. The minimum Gasteiger partial charge on any atom is -0.480 e. The summed E-state index contributed by atoms with van der Waals surface area (Å²) < 4.78 is 18.3. The molecule has 1 atom stereocenters. The SMILES string of the molecule is COc1cc2c(nn1)CCN(C[C@@H](O)c1cccc(F)c1)C2. The minimum atomic E-state index is -0.714. The first-order valence-corrected chi connectivity index (χ1v) is 7.21. The zero-order chi connectivity index (χ0) is 15.5. The fourth-order valence-corrected chi connectivity index (χ4v) is 2.69. The van der Waals surface area contributed by atoms with Crippen LogP contribution < -0.4 is 4.74 Å². The second kappa shape index (κ2) is 6.37. The number of nitrogens with zero attached hydrogens (tertiary/aromatic N) is 3. The summed E-state index contributed by atoms with van der Waals surface area (Å²) in [5.41, 5.74) is 2.62. The molecule has 2 heterocycles. The molecule has 5 nitrogen and oxygen atoms in total. The lowest BCUT2D eigenvalue weighted by Gasteiger charge is -2.29. The second-order valence-electron chi connectivity index (χ2n) is 5.41. The number of rotatable bonds is 4. The van der Waals surface area contributed by atoms with Gasteiger partial charge in [-0.1, -0.05) is 12.1 Å². The van der Waals surface area contributed by atoms with Crippen LogP contribution in [-0.2, 0) is 13.0 Å². The van der Waals surface area contributed by atoms with Gasteiger partial charge < -0.3 is 9.84 Å².